The Hall–Kier alpha value is -1.88. The van der Waals surface area contributed by atoms with Gasteiger partial charge in [-0.3, -0.25) is 0 Å². The minimum atomic E-state index is -0.989. The predicted octanol–water partition coefficient (Wildman–Crippen LogP) is 2.77. The van der Waals surface area contributed by atoms with E-state index < -0.39 is 5.97 Å². The van der Waals surface area contributed by atoms with Gasteiger partial charge in [-0.25, -0.2) is 9.78 Å². The van der Waals surface area contributed by atoms with E-state index in [1.807, 2.05) is 31.2 Å². The molecular weight excluding hydrogens is 250 g/mol. The van der Waals surface area contributed by atoms with Crippen molar-refractivity contribution >= 4 is 17.3 Å². The summed E-state index contributed by atoms with van der Waals surface area (Å²) >= 11 is 1.35. The number of hydrogen-bond acceptors (Lipinski definition) is 4. The summed E-state index contributed by atoms with van der Waals surface area (Å²) < 4.78 is 5.63. The number of aryl methyl sites for hydroxylation is 1. The molecule has 94 valence electrons. The Bertz CT molecular complexity index is 551. The lowest BCUT2D eigenvalue weighted by molar-refractivity contribution is 0.0691. The number of carboxylic acids is 1. The van der Waals surface area contributed by atoms with Crippen molar-refractivity contribution in [1.29, 1.82) is 0 Å². The molecule has 0 fully saturated rings. The van der Waals surface area contributed by atoms with Crippen LogP contribution in [0.5, 0.6) is 5.75 Å². The van der Waals surface area contributed by atoms with Gasteiger partial charge in [-0.1, -0.05) is 18.2 Å². The van der Waals surface area contributed by atoms with Crippen LogP contribution in [-0.2, 0) is 6.42 Å². The summed E-state index contributed by atoms with van der Waals surface area (Å²) in [5.74, 6) is -0.134. The van der Waals surface area contributed by atoms with Crippen molar-refractivity contribution in [2.24, 2.45) is 0 Å². The van der Waals surface area contributed by atoms with Crippen LogP contribution in [0, 0.1) is 6.92 Å². The number of carbonyl (C=O) groups is 1. The molecule has 2 aromatic rings. The lowest BCUT2D eigenvalue weighted by Gasteiger charge is -2.07. The number of nitrogens with zero attached hydrogens (tertiary/aromatic N) is 1. The third-order valence-electron chi connectivity index (χ3n) is 2.44. The molecule has 0 spiro atoms. The number of carboxylic acid groups (broad SMARTS) is 1. The average molecular weight is 263 g/mol. The number of rotatable bonds is 5. The molecule has 2 rings (SSSR count). The van der Waals surface area contributed by atoms with E-state index in [1.54, 1.807) is 5.38 Å². The topological polar surface area (TPSA) is 59.4 Å². The van der Waals surface area contributed by atoms with Crippen LogP contribution in [0.15, 0.2) is 29.6 Å². The van der Waals surface area contributed by atoms with Crippen LogP contribution in [0.3, 0.4) is 0 Å². The molecule has 0 unspecified atom stereocenters. The highest BCUT2D eigenvalue weighted by molar-refractivity contribution is 7.09. The van der Waals surface area contributed by atoms with E-state index in [0.717, 1.165) is 16.3 Å². The van der Waals surface area contributed by atoms with Crippen molar-refractivity contribution in [3.63, 3.8) is 0 Å². The van der Waals surface area contributed by atoms with E-state index in [9.17, 15) is 4.79 Å². The molecule has 0 saturated heterocycles. The van der Waals surface area contributed by atoms with Crippen molar-refractivity contribution in [2.45, 2.75) is 13.3 Å². The number of para-hydroxylation sites is 1. The number of aromatic nitrogens is 1. The Morgan fingerprint density at radius 3 is 2.89 bits per heavy atom. The van der Waals surface area contributed by atoms with Gasteiger partial charge < -0.3 is 9.84 Å². The van der Waals surface area contributed by atoms with Crippen LogP contribution in [0.2, 0.25) is 0 Å². The minimum absolute atomic E-state index is 0.103. The lowest BCUT2D eigenvalue weighted by atomic mass is 10.2. The Morgan fingerprint density at radius 1 is 1.44 bits per heavy atom. The van der Waals surface area contributed by atoms with Gasteiger partial charge in [-0.2, -0.15) is 0 Å². The molecule has 1 N–H and O–H groups in total. The first kappa shape index (κ1) is 12.6. The molecule has 1 heterocycles. The molecule has 0 atom stereocenters. The standard InChI is InChI=1S/C13H13NO3S/c1-9-4-2-3-5-11(9)17-7-6-12-14-10(8-18-12)13(15)16/h2-5,8H,6-7H2,1H3,(H,15,16). The first-order valence-electron chi connectivity index (χ1n) is 5.53. The van der Waals surface area contributed by atoms with Gasteiger partial charge in [0.15, 0.2) is 5.69 Å². The molecule has 1 aromatic heterocycles. The van der Waals surface area contributed by atoms with Crippen LogP contribution >= 0.6 is 11.3 Å². The van der Waals surface area contributed by atoms with E-state index in [0.29, 0.717) is 13.0 Å². The predicted molar refractivity (Wildman–Crippen MR) is 69.5 cm³/mol. The van der Waals surface area contributed by atoms with Crippen LogP contribution in [0.1, 0.15) is 21.1 Å². The first-order valence-corrected chi connectivity index (χ1v) is 6.41. The molecule has 0 aliphatic carbocycles. The van der Waals surface area contributed by atoms with Crippen molar-refractivity contribution in [3.05, 3.63) is 45.9 Å². The summed E-state index contributed by atoms with van der Waals surface area (Å²) in [5.41, 5.74) is 1.19. The number of thiazole rings is 1. The minimum Gasteiger partial charge on any atom is -0.493 e. The normalized spacial score (nSPS) is 10.3. The van der Waals surface area contributed by atoms with Gasteiger partial charge in [0.2, 0.25) is 0 Å². The summed E-state index contributed by atoms with van der Waals surface area (Å²) in [6, 6.07) is 7.79. The lowest BCUT2D eigenvalue weighted by Crippen LogP contribution is -2.03. The molecule has 0 radical (unpaired) electrons. The molecule has 0 aliphatic heterocycles. The smallest absolute Gasteiger partial charge is 0.355 e. The molecule has 4 nitrogen and oxygen atoms in total. The number of ether oxygens (including phenoxy) is 1. The van der Waals surface area contributed by atoms with Gasteiger partial charge in [0.25, 0.3) is 0 Å². The van der Waals surface area contributed by atoms with Crippen molar-refractivity contribution in [1.82, 2.24) is 4.98 Å². The Morgan fingerprint density at radius 2 is 2.22 bits per heavy atom. The van der Waals surface area contributed by atoms with Crippen LogP contribution < -0.4 is 4.74 Å². The van der Waals surface area contributed by atoms with E-state index in [4.69, 9.17) is 9.84 Å². The molecule has 18 heavy (non-hydrogen) atoms. The Labute approximate surface area is 109 Å². The summed E-state index contributed by atoms with van der Waals surface area (Å²) in [6.07, 6.45) is 0.617. The third-order valence-corrected chi connectivity index (χ3v) is 3.35. The Balaban J connectivity index is 1.88. The number of aromatic carboxylic acids is 1. The highest BCUT2D eigenvalue weighted by Crippen LogP contribution is 2.17. The maximum Gasteiger partial charge on any atom is 0.355 e. The zero-order valence-electron chi connectivity index (χ0n) is 9.92. The monoisotopic (exact) mass is 263 g/mol. The zero-order valence-corrected chi connectivity index (χ0v) is 10.7. The summed E-state index contributed by atoms with van der Waals surface area (Å²) in [5, 5.41) is 11.1. The molecular formula is C13H13NO3S. The molecule has 0 saturated carbocycles. The first-order chi connectivity index (χ1) is 8.66. The Kier molecular flexibility index (Phi) is 3.94. The fourth-order valence-electron chi connectivity index (χ4n) is 1.49. The van der Waals surface area contributed by atoms with Gasteiger partial charge in [0.1, 0.15) is 5.75 Å². The maximum atomic E-state index is 10.7. The van der Waals surface area contributed by atoms with E-state index in [1.165, 1.54) is 11.3 Å². The summed E-state index contributed by atoms with van der Waals surface area (Å²) in [4.78, 5) is 14.7. The second kappa shape index (κ2) is 5.64. The van der Waals surface area contributed by atoms with Crippen LogP contribution in [0.4, 0.5) is 0 Å². The van der Waals surface area contributed by atoms with Crippen molar-refractivity contribution in [2.75, 3.05) is 6.61 Å². The second-order valence-electron chi connectivity index (χ2n) is 3.80. The van der Waals surface area contributed by atoms with E-state index >= 15 is 0 Å². The quantitative estimate of drug-likeness (QED) is 0.901. The third kappa shape index (κ3) is 3.07. The van der Waals surface area contributed by atoms with E-state index in [2.05, 4.69) is 4.98 Å². The van der Waals surface area contributed by atoms with Gasteiger partial charge in [-0.05, 0) is 18.6 Å². The fraction of sp³-hybridized carbons (Fsp3) is 0.231. The van der Waals surface area contributed by atoms with Gasteiger partial charge in [-0.15, -0.1) is 11.3 Å². The fourth-order valence-corrected chi connectivity index (χ4v) is 2.24. The molecule has 5 heteroatoms. The van der Waals surface area contributed by atoms with E-state index in [-0.39, 0.29) is 5.69 Å². The average Bonchev–Trinajstić information content (AvgIpc) is 2.80. The molecule has 1 aromatic carbocycles. The zero-order chi connectivity index (χ0) is 13.0. The highest BCUT2D eigenvalue weighted by atomic mass is 32.1. The SMILES string of the molecule is Cc1ccccc1OCCc1nc(C(=O)O)cs1. The number of benzene rings is 1. The maximum absolute atomic E-state index is 10.7. The molecule has 0 aliphatic rings. The van der Waals surface area contributed by atoms with Gasteiger partial charge >= 0.3 is 5.97 Å². The van der Waals surface area contributed by atoms with Crippen LogP contribution in [-0.4, -0.2) is 22.7 Å². The van der Waals surface area contributed by atoms with Crippen LogP contribution in [0.25, 0.3) is 0 Å². The van der Waals surface area contributed by atoms with Gasteiger partial charge in [0.05, 0.1) is 11.6 Å². The van der Waals surface area contributed by atoms with Gasteiger partial charge in [0, 0.05) is 11.8 Å². The molecule has 0 amide bonds. The summed E-state index contributed by atoms with van der Waals surface area (Å²) in [7, 11) is 0. The largest absolute Gasteiger partial charge is 0.493 e. The number of hydrogen-bond donors (Lipinski definition) is 1. The second-order valence-corrected chi connectivity index (χ2v) is 4.74. The van der Waals surface area contributed by atoms with Crippen molar-refractivity contribution in [3.8, 4) is 5.75 Å². The summed E-state index contributed by atoms with van der Waals surface area (Å²) in [6.45, 7) is 2.48. The molecule has 0 bridgehead atoms. The van der Waals surface area contributed by atoms with Crippen molar-refractivity contribution < 1.29 is 14.6 Å². The highest BCUT2D eigenvalue weighted by Gasteiger charge is 2.08.